The van der Waals surface area contributed by atoms with Crippen molar-refractivity contribution in [3.63, 3.8) is 0 Å². The molecule has 2 aliphatic rings. The summed E-state index contributed by atoms with van der Waals surface area (Å²) in [7, 11) is 2.03. The van der Waals surface area contributed by atoms with Crippen LogP contribution in [0.2, 0.25) is 5.02 Å². The number of nitrogens with one attached hydrogen (secondary N) is 1. The summed E-state index contributed by atoms with van der Waals surface area (Å²) in [6.07, 6.45) is 4.74. The van der Waals surface area contributed by atoms with Crippen molar-refractivity contribution < 1.29 is 4.74 Å². The summed E-state index contributed by atoms with van der Waals surface area (Å²) in [5.74, 6) is 2.44. The Kier molecular flexibility index (Phi) is 3.72. The Morgan fingerprint density at radius 1 is 1.35 bits per heavy atom. The third kappa shape index (κ3) is 2.33. The molecule has 3 rings (SSSR count). The zero-order chi connectivity index (χ0) is 14.3. The average molecular weight is 294 g/mol. The molecule has 0 saturated heterocycles. The summed E-state index contributed by atoms with van der Waals surface area (Å²) in [4.78, 5) is 0. The van der Waals surface area contributed by atoms with Crippen molar-refractivity contribution in [3.8, 4) is 5.75 Å². The van der Waals surface area contributed by atoms with E-state index in [1.165, 1.54) is 18.4 Å². The van der Waals surface area contributed by atoms with E-state index in [0.29, 0.717) is 12.0 Å². The van der Waals surface area contributed by atoms with Crippen LogP contribution in [-0.4, -0.2) is 12.6 Å². The molecule has 1 heterocycles. The summed E-state index contributed by atoms with van der Waals surface area (Å²) in [6, 6.07) is 6.35. The first-order valence-corrected chi connectivity index (χ1v) is 8.07. The minimum Gasteiger partial charge on any atom is -0.487 e. The van der Waals surface area contributed by atoms with Crippen LogP contribution in [0.4, 0.5) is 0 Å². The molecule has 4 atom stereocenters. The molecule has 0 aromatic heterocycles. The van der Waals surface area contributed by atoms with Gasteiger partial charge in [-0.1, -0.05) is 25.4 Å². The van der Waals surface area contributed by atoms with Gasteiger partial charge in [-0.05, 0) is 56.3 Å². The highest BCUT2D eigenvalue weighted by atomic mass is 35.5. The Balaban J connectivity index is 1.96. The first kappa shape index (κ1) is 14.2. The van der Waals surface area contributed by atoms with Gasteiger partial charge in [0, 0.05) is 23.0 Å². The molecule has 1 aromatic rings. The number of benzene rings is 1. The van der Waals surface area contributed by atoms with E-state index >= 15 is 0 Å². The van der Waals surface area contributed by atoms with Crippen molar-refractivity contribution in [2.24, 2.45) is 11.8 Å². The molecule has 20 heavy (non-hydrogen) atoms. The van der Waals surface area contributed by atoms with Crippen LogP contribution in [-0.2, 0) is 0 Å². The first-order valence-electron chi connectivity index (χ1n) is 7.70. The van der Waals surface area contributed by atoms with Crippen LogP contribution in [0.1, 0.15) is 51.1 Å². The maximum Gasteiger partial charge on any atom is 0.125 e. The van der Waals surface area contributed by atoms with Gasteiger partial charge in [0.1, 0.15) is 11.4 Å². The van der Waals surface area contributed by atoms with E-state index in [2.05, 4.69) is 19.2 Å². The molecule has 0 bridgehead atoms. The van der Waals surface area contributed by atoms with Crippen LogP contribution in [0.15, 0.2) is 18.2 Å². The quantitative estimate of drug-likeness (QED) is 0.818. The predicted octanol–water partition coefficient (Wildman–Crippen LogP) is 4.58. The smallest absolute Gasteiger partial charge is 0.125 e. The van der Waals surface area contributed by atoms with Crippen molar-refractivity contribution in [1.82, 2.24) is 5.32 Å². The van der Waals surface area contributed by atoms with Gasteiger partial charge < -0.3 is 10.1 Å². The Labute approximate surface area is 126 Å². The van der Waals surface area contributed by atoms with E-state index < -0.39 is 0 Å². The highest BCUT2D eigenvalue weighted by Gasteiger charge is 2.47. The van der Waals surface area contributed by atoms with Crippen LogP contribution in [0.3, 0.4) is 0 Å². The number of fused-ring (bicyclic) bond motifs is 1. The van der Waals surface area contributed by atoms with Crippen LogP contribution in [0.25, 0.3) is 0 Å². The van der Waals surface area contributed by atoms with Gasteiger partial charge in [0.05, 0.1) is 0 Å². The van der Waals surface area contributed by atoms with Crippen molar-refractivity contribution in [3.05, 3.63) is 28.8 Å². The van der Waals surface area contributed by atoms with Gasteiger partial charge in [0.15, 0.2) is 0 Å². The normalized spacial score (nSPS) is 36.5. The lowest BCUT2D eigenvalue weighted by atomic mass is 9.68. The fourth-order valence-corrected chi connectivity index (χ4v) is 4.17. The van der Waals surface area contributed by atoms with Gasteiger partial charge in [-0.3, -0.25) is 0 Å². The first-order chi connectivity index (χ1) is 9.54. The Morgan fingerprint density at radius 2 is 2.15 bits per heavy atom. The van der Waals surface area contributed by atoms with Gasteiger partial charge in [-0.25, -0.2) is 0 Å². The molecule has 3 heteroatoms. The number of halogens is 1. The zero-order valence-electron chi connectivity index (χ0n) is 12.6. The number of hydrogen-bond donors (Lipinski definition) is 1. The molecule has 1 aromatic carbocycles. The average Bonchev–Trinajstić information content (AvgIpc) is 2.43. The Morgan fingerprint density at radius 3 is 2.85 bits per heavy atom. The van der Waals surface area contributed by atoms with Gasteiger partial charge in [-0.2, -0.15) is 0 Å². The van der Waals surface area contributed by atoms with Crippen LogP contribution < -0.4 is 10.1 Å². The molecule has 1 aliphatic carbocycles. The van der Waals surface area contributed by atoms with Crippen molar-refractivity contribution in [2.45, 2.75) is 51.2 Å². The van der Waals surface area contributed by atoms with Crippen molar-refractivity contribution in [2.75, 3.05) is 7.05 Å². The molecule has 1 aliphatic heterocycles. The third-order valence-electron chi connectivity index (χ3n) is 5.27. The molecule has 110 valence electrons. The minimum absolute atomic E-state index is 0.00101. The highest BCUT2D eigenvalue weighted by Crippen LogP contribution is 2.49. The SMILES string of the molecule is CNC1CC2(CCC(C)CC2C)Oc2ccc(Cl)cc21. The van der Waals surface area contributed by atoms with Gasteiger partial charge in [0.2, 0.25) is 0 Å². The maximum absolute atomic E-state index is 6.51. The summed E-state index contributed by atoms with van der Waals surface area (Å²) in [5, 5.41) is 4.24. The maximum atomic E-state index is 6.51. The van der Waals surface area contributed by atoms with E-state index in [9.17, 15) is 0 Å². The highest BCUT2D eigenvalue weighted by molar-refractivity contribution is 6.30. The molecule has 1 spiro atoms. The predicted molar refractivity (Wildman–Crippen MR) is 83.4 cm³/mol. The van der Waals surface area contributed by atoms with Crippen LogP contribution in [0, 0.1) is 11.8 Å². The Hall–Kier alpha value is -0.730. The second-order valence-electron chi connectivity index (χ2n) is 6.67. The molecule has 1 N–H and O–H groups in total. The second-order valence-corrected chi connectivity index (χ2v) is 7.11. The monoisotopic (exact) mass is 293 g/mol. The van der Waals surface area contributed by atoms with E-state index in [4.69, 9.17) is 16.3 Å². The molecule has 4 unspecified atom stereocenters. The molecule has 0 radical (unpaired) electrons. The summed E-state index contributed by atoms with van der Waals surface area (Å²) >= 11 is 6.14. The molecular formula is C17H24ClNO. The molecule has 1 fully saturated rings. The fraction of sp³-hybridized carbons (Fsp3) is 0.647. The van der Waals surface area contributed by atoms with E-state index in [1.807, 2.05) is 25.2 Å². The number of ether oxygens (including phenoxy) is 1. The lowest BCUT2D eigenvalue weighted by molar-refractivity contribution is -0.0546. The topological polar surface area (TPSA) is 21.3 Å². The number of rotatable bonds is 1. The Bertz CT molecular complexity index is 504. The van der Waals surface area contributed by atoms with E-state index in [0.717, 1.165) is 29.5 Å². The standard InChI is InChI=1S/C17H24ClNO/c1-11-6-7-17(12(2)8-11)10-15(19-3)14-9-13(18)4-5-16(14)20-17/h4-5,9,11-12,15,19H,6-8,10H2,1-3H3. The van der Waals surface area contributed by atoms with Gasteiger partial charge in [0.25, 0.3) is 0 Å². The molecular weight excluding hydrogens is 270 g/mol. The third-order valence-corrected chi connectivity index (χ3v) is 5.51. The van der Waals surface area contributed by atoms with Gasteiger partial charge in [-0.15, -0.1) is 0 Å². The van der Waals surface area contributed by atoms with E-state index in [1.54, 1.807) is 0 Å². The zero-order valence-corrected chi connectivity index (χ0v) is 13.3. The largest absolute Gasteiger partial charge is 0.487 e. The second kappa shape index (κ2) is 5.23. The van der Waals surface area contributed by atoms with E-state index in [-0.39, 0.29) is 5.60 Å². The number of hydrogen-bond acceptors (Lipinski definition) is 2. The summed E-state index contributed by atoms with van der Waals surface area (Å²) < 4.78 is 6.51. The van der Waals surface area contributed by atoms with Crippen molar-refractivity contribution in [1.29, 1.82) is 0 Å². The molecule has 2 nitrogen and oxygen atoms in total. The van der Waals surface area contributed by atoms with Crippen molar-refractivity contribution >= 4 is 11.6 Å². The summed E-state index contributed by atoms with van der Waals surface area (Å²) in [5.41, 5.74) is 1.21. The van der Waals surface area contributed by atoms with Gasteiger partial charge >= 0.3 is 0 Å². The summed E-state index contributed by atoms with van der Waals surface area (Å²) in [6.45, 7) is 4.71. The molecule has 1 saturated carbocycles. The lowest BCUT2D eigenvalue weighted by Crippen LogP contribution is -2.51. The van der Waals surface area contributed by atoms with Crippen LogP contribution in [0.5, 0.6) is 5.75 Å². The fourth-order valence-electron chi connectivity index (χ4n) is 3.99. The van der Waals surface area contributed by atoms with Crippen LogP contribution >= 0.6 is 11.6 Å². The molecule has 0 amide bonds. The minimum atomic E-state index is 0.00101. The lowest BCUT2D eigenvalue weighted by Gasteiger charge is -2.49.